The fourth-order valence-electron chi connectivity index (χ4n) is 3.37. The van der Waals surface area contributed by atoms with Crippen molar-refractivity contribution in [3.63, 3.8) is 0 Å². The van der Waals surface area contributed by atoms with Crippen LogP contribution in [0.3, 0.4) is 0 Å². The van der Waals surface area contributed by atoms with Crippen molar-refractivity contribution < 1.29 is 4.74 Å². The lowest BCUT2D eigenvalue weighted by atomic mass is 10.1. The zero-order valence-corrected chi connectivity index (χ0v) is 15.9. The molecule has 0 aliphatic rings. The van der Waals surface area contributed by atoms with E-state index in [0.29, 0.717) is 12.5 Å². The maximum Gasteiger partial charge on any atom is 0.241 e. The lowest BCUT2D eigenvalue weighted by molar-refractivity contribution is 0.292. The summed E-state index contributed by atoms with van der Waals surface area (Å²) in [6.07, 6.45) is 9.42. The summed E-state index contributed by atoms with van der Waals surface area (Å²) < 4.78 is 9.88. The average Bonchev–Trinajstić information content (AvgIpc) is 3.37. The number of aryl methyl sites for hydroxylation is 1. The smallest absolute Gasteiger partial charge is 0.241 e. The average molecular weight is 381 g/mol. The molecule has 0 spiro atoms. The highest BCUT2D eigenvalue weighted by Gasteiger charge is 2.12. The van der Waals surface area contributed by atoms with Crippen LogP contribution in [0.4, 0.5) is 0 Å². The van der Waals surface area contributed by atoms with E-state index in [4.69, 9.17) is 4.74 Å². The molecule has 5 rings (SSSR count). The van der Waals surface area contributed by atoms with E-state index in [9.17, 15) is 0 Å². The molecule has 0 atom stereocenters. The number of nitrogens with zero attached hydrogens (tertiary/aromatic N) is 5. The van der Waals surface area contributed by atoms with Crippen LogP contribution < -0.4 is 4.74 Å². The van der Waals surface area contributed by atoms with Crippen LogP contribution in [0.2, 0.25) is 0 Å². The molecule has 5 aromatic rings. The van der Waals surface area contributed by atoms with Crippen LogP contribution in [0.1, 0.15) is 5.56 Å². The first-order valence-corrected chi connectivity index (χ1v) is 9.36. The van der Waals surface area contributed by atoms with Gasteiger partial charge >= 0.3 is 0 Å². The van der Waals surface area contributed by atoms with E-state index in [1.54, 1.807) is 17.1 Å². The fraction of sp³-hybridized carbons (Fsp3) is 0.0870. The van der Waals surface area contributed by atoms with Crippen molar-refractivity contribution in [1.82, 2.24) is 24.1 Å². The summed E-state index contributed by atoms with van der Waals surface area (Å²) >= 11 is 0. The number of rotatable bonds is 5. The van der Waals surface area contributed by atoms with Gasteiger partial charge in [-0.1, -0.05) is 30.3 Å². The lowest BCUT2D eigenvalue weighted by Gasteiger charge is -2.07. The Morgan fingerprint density at radius 1 is 0.931 bits per heavy atom. The number of pyridine rings is 2. The third-order valence-corrected chi connectivity index (χ3v) is 4.83. The Labute approximate surface area is 168 Å². The molecular formula is C23H19N5O. The van der Waals surface area contributed by atoms with Gasteiger partial charge in [0.1, 0.15) is 12.3 Å². The summed E-state index contributed by atoms with van der Waals surface area (Å²) in [5, 5.41) is 4.46. The highest BCUT2D eigenvalue weighted by Crippen LogP contribution is 2.29. The van der Waals surface area contributed by atoms with Gasteiger partial charge in [0.15, 0.2) is 0 Å². The molecule has 4 heterocycles. The molecule has 0 bridgehead atoms. The summed E-state index contributed by atoms with van der Waals surface area (Å²) in [7, 11) is 1.89. The summed E-state index contributed by atoms with van der Waals surface area (Å²) in [5.41, 5.74) is 6.19. The van der Waals surface area contributed by atoms with E-state index in [2.05, 4.69) is 43.7 Å². The first kappa shape index (κ1) is 17.2. The van der Waals surface area contributed by atoms with Gasteiger partial charge in [0, 0.05) is 37.4 Å². The van der Waals surface area contributed by atoms with Crippen molar-refractivity contribution in [3.8, 4) is 28.3 Å². The highest BCUT2D eigenvalue weighted by molar-refractivity contribution is 5.67. The second-order valence-corrected chi connectivity index (χ2v) is 6.82. The molecule has 0 aliphatic heterocycles. The number of fused-ring (bicyclic) bond motifs is 1. The minimum atomic E-state index is 0.447. The van der Waals surface area contributed by atoms with Crippen LogP contribution in [-0.2, 0) is 13.7 Å². The van der Waals surface area contributed by atoms with Crippen LogP contribution in [-0.4, -0.2) is 24.1 Å². The van der Waals surface area contributed by atoms with E-state index >= 15 is 0 Å². The minimum Gasteiger partial charge on any atom is -0.471 e. The van der Waals surface area contributed by atoms with Gasteiger partial charge in [-0.05, 0) is 35.4 Å². The first-order valence-electron chi connectivity index (χ1n) is 9.36. The topological polar surface area (TPSA) is 57.2 Å². The predicted octanol–water partition coefficient (Wildman–Crippen LogP) is 4.38. The summed E-state index contributed by atoms with van der Waals surface area (Å²) in [6, 6.07) is 18.2. The molecule has 6 nitrogen and oxygen atoms in total. The Kier molecular flexibility index (Phi) is 4.29. The maximum absolute atomic E-state index is 6.03. The van der Waals surface area contributed by atoms with E-state index in [0.717, 1.165) is 33.6 Å². The molecule has 0 saturated heterocycles. The number of imidazole rings is 1. The Morgan fingerprint density at radius 2 is 1.76 bits per heavy atom. The normalized spacial score (nSPS) is 11.1. The number of hydrogen-bond donors (Lipinski definition) is 0. The number of ether oxygens (including phenoxy) is 1. The third-order valence-electron chi connectivity index (χ3n) is 4.83. The molecule has 0 N–H and O–H groups in total. The van der Waals surface area contributed by atoms with Crippen LogP contribution >= 0.6 is 0 Å². The van der Waals surface area contributed by atoms with Crippen molar-refractivity contribution in [2.45, 2.75) is 6.61 Å². The van der Waals surface area contributed by atoms with Gasteiger partial charge in [0.05, 0.1) is 17.5 Å². The zero-order valence-electron chi connectivity index (χ0n) is 15.9. The van der Waals surface area contributed by atoms with Crippen molar-refractivity contribution >= 4 is 5.65 Å². The second-order valence-electron chi connectivity index (χ2n) is 6.82. The van der Waals surface area contributed by atoms with Crippen LogP contribution in [0.25, 0.3) is 28.0 Å². The van der Waals surface area contributed by atoms with Crippen LogP contribution in [0, 0.1) is 0 Å². The fourth-order valence-corrected chi connectivity index (χ4v) is 3.37. The Morgan fingerprint density at radius 3 is 2.59 bits per heavy atom. The van der Waals surface area contributed by atoms with E-state index in [-0.39, 0.29) is 0 Å². The molecule has 0 unspecified atom stereocenters. The molecular weight excluding hydrogens is 362 g/mol. The SMILES string of the molecule is Cn1cc(-c2ccncc2)c(OCc2ccc(-c3cnc4ccccn34)cc2)n1. The molecule has 0 fully saturated rings. The van der Waals surface area contributed by atoms with Gasteiger partial charge in [-0.2, -0.15) is 0 Å². The molecule has 142 valence electrons. The van der Waals surface area contributed by atoms with Gasteiger partial charge in [0.2, 0.25) is 5.88 Å². The standard InChI is InChI=1S/C23H19N5O/c1-27-15-20(18-9-11-24-12-10-18)23(26-27)29-16-17-5-7-19(8-6-17)21-14-25-22-4-2-3-13-28(21)22/h2-15H,16H2,1H3. The summed E-state index contributed by atoms with van der Waals surface area (Å²) in [6.45, 7) is 0.447. The molecule has 29 heavy (non-hydrogen) atoms. The maximum atomic E-state index is 6.03. The van der Waals surface area contributed by atoms with Gasteiger partial charge < -0.3 is 4.74 Å². The molecule has 0 aliphatic carbocycles. The first-order chi connectivity index (χ1) is 14.3. The largest absolute Gasteiger partial charge is 0.471 e. The molecule has 0 saturated carbocycles. The summed E-state index contributed by atoms with van der Waals surface area (Å²) in [5.74, 6) is 0.615. The number of hydrogen-bond acceptors (Lipinski definition) is 4. The van der Waals surface area contributed by atoms with Crippen molar-refractivity contribution in [3.05, 3.63) is 91.1 Å². The summed E-state index contributed by atoms with van der Waals surface area (Å²) in [4.78, 5) is 8.53. The molecule has 4 aromatic heterocycles. The monoisotopic (exact) mass is 381 g/mol. The Balaban J connectivity index is 1.35. The lowest BCUT2D eigenvalue weighted by Crippen LogP contribution is -1.98. The van der Waals surface area contributed by atoms with E-state index in [1.165, 1.54) is 0 Å². The van der Waals surface area contributed by atoms with Gasteiger partial charge in [-0.25, -0.2) is 4.98 Å². The highest BCUT2D eigenvalue weighted by atomic mass is 16.5. The number of benzene rings is 1. The van der Waals surface area contributed by atoms with Crippen molar-refractivity contribution in [2.75, 3.05) is 0 Å². The van der Waals surface area contributed by atoms with Crippen LogP contribution in [0.15, 0.2) is 85.6 Å². The Bertz CT molecular complexity index is 1260. The van der Waals surface area contributed by atoms with Crippen molar-refractivity contribution in [2.24, 2.45) is 7.05 Å². The minimum absolute atomic E-state index is 0.447. The van der Waals surface area contributed by atoms with Gasteiger partial charge in [-0.15, -0.1) is 5.10 Å². The molecule has 6 heteroatoms. The molecule has 1 aromatic carbocycles. The van der Waals surface area contributed by atoms with E-state index < -0.39 is 0 Å². The molecule has 0 radical (unpaired) electrons. The third kappa shape index (κ3) is 3.36. The second kappa shape index (κ2) is 7.24. The van der Waals surface area contributed by atoms with E-state index in [1.807, 2.05) is 56.0 Å². The quantitative estimate of drug-likeness (QED) is 0.453. The van der Waals surface area contributed by atoms with Gasteiger partial charge in [0.25, 0.3) is 0 Å². The zero-order chi connectivity index (χ0) is 19.6. The number of aromatic nitrogens is 5. The van der Waals surface area contributed by atoms with Gasteiger partial charge in [-0.3, -0.25) is 14.1 Å². The molecule has 0 amide bonds. The van der Waals surface area contributed by atoms with Crippen LogP contribution in [0.5, 0.6) is 5.88 Å². The predicted molar refractivity (Wildman–Crippen MR) is 111 cm³/mol. The van der Waals surface area contributed by atoms with Crippen molar-refractivity contribution in [1.29, 1.82) is 0 Å². The Hall–Kier alpha value is -3.93.